The predicted octanol–water partition coefficient (Wildman–Crippen LogP) is 4.07. The Morgan fingerprint density at radius 3 is 2.40 bits per heavy atom. The van der Waals surface area contributed by atoms with Gasteiger partial charge in [-0.3, -0.25) is 4.79 Å². The van der Waals surface area contributed by atoms with Gasteiger partial charge in [-0.15, -0.1) is 0 Å². The lowest BCUT2D eigenvalue weighted by Gasteiger charge is -2.26. The van der Waals surface area contributed by atoms with Crippen LogP contribution in [0.2, 0.25) is 0 Å². The number of carbonyl (C=O) groups excluding carboxylic acids is 1. The van der Waals surface area contributed by atoms with Gasteiger partial charge in [0.05, 0.1) is 18.3 Å². The Morgan fingerprint density at radius 2 is 1.80 bits per heavy atom. The van der Waals surface area contributed by atoms with E-state index in [1.165, 1.54) is 25.1 Å². The molecule has 30 heavy (non-hydrogen) atoms. The lowest BCUT2D eigenvalue weighted by Crippen LogP contribution is -2.43. The molecule has 1 heterocycles. The van der Waals surface area contributed by atoms with Crippen LogP contribution in [0.4, 0.5) is 40.7 Å². The second-order valence-corrected chi connectivity index (χ2v) is 7.35. The molecule has 0 aliphatic rings. The van der Waals surface area contributed by atoms with E-state index >= 15 is 0 Å². The van der Waals surface area contributed by atoms with Crippen LogP contribution in [0.15, 0.2) is 30.5 Å². The molecule has 4 N–H and O–H groups in total. The van der Waals surface area contributed by atoms with Gasteiger partial charge in [-0.25, -0.2) is 9.37 Å². The molecule has 0 aliphatic heterocycles. The fourth-order valence-electron chi connectivity index (χ4n) is 2.08. The molecule has 11 heteroatoms. The van der Waals surface area contributed by atoms with E-state index in [2.05, 4.69) is 25.9 Å². The van der Waals surface area contributed by atoms with Gasteiger partial charge in [-0.05, 0) is 45.9 Å². The van der Waals surface area contributed by atoms with Crippen molar-refractivity contribution >= 4 is 29.0 Å². The zero-order valence-electron chi connectivity index (χ0n) is 16.8. The summed E-state index contributed by atoms with van der Waals surface area (Å²) in [5.41, 5.74) is -2.08. The van der Waals surface area contributed by atoms with E-state index in [0.29, 0.717) is 5.69 Å². The number of alkyl halides is 3. The lowest BCUT2D eigenvalue weighted by atomic mass is 9.91. The summed E-state index contributed by atoms with van der Waals surface area (Å²) < 4.78 is 53.0. The topological polar surface area (TPSA) is 99.2 Å². The van der Waals surface area contributed by atoms with E-state index in [0.717, 1.165) is 20.0 Å². The van der Waals surface area contributed by atoms with E-state index in [-0.39, 0.29) is 17.5 Å². The molecule has 1 amide bonds. The maximum Gasteiger partial charge on any atom is 0.402 e. The Bertz CT molecular complexity index is 903. The minimum Gasteiger partial charge on any atom is -0.391 e. The third-order valence-electron chi connectivity index (χ3n) is 4.49. The van der Waals surface area contributed by atoms with E-state index < -0.39 is 35.5 Å². The number of nitrogens with one attached hydrogen (secondary N) is 3. The Balaban J connectivity index is 2.17. The third-order valence-corrected chi connectivity index (χ3v) is 4.49. The average Bonchev–Trinajstić information content (AvgIpc) is 2.63. The number of anilines is 4. The van der Waals surface area contributed by atoms with Crippen molar-refractivity contribution in [3.05, 3.63) is 36.3 Å². The molecule has 0 saturated heterocycles. The molecular formula is C19H23F4N5O2. The first-order valence-electron chi connectivity index (χ1n) is 9.03. The van der Waals surface area contributed by atoms with Gasteiger partial charge in [0.15, 0.2) is 11.6 Å². The number of aromatic nitrogens is 2. The van der Waals surface area contributed by atoms with Gasteiger partial charge in [0.2, 0.25) is 11.9 Å². The molecule has 2 rings (SSSR count). The zero-order chi connectivity index (χ0) is 22.7. The largest absolute Gasteiger partial charge is 0.402 e. The molecule has 1 aromatic heterocycles. The van der Waals surface area contributed by atoms with Crippen LogP contribution in [0.25, 0.3) is 0 Å². The summed E-state index contributed by atoms with van der Waals surface area (Å²) in [6.07, 6.45) is -4.53. The molecule has 0 bridgehead atoms. The minimum absolute atomic E-state index is 0.00999. The Morgan fingerprint density at radius 1 is 1.17 bits per heavy atom. The molecule has 2 aromatic rings. The molecule has 0 saturated carbocycles. The van der Waals surface area contributed by atoms with Gasteiger partial charge in [-0.1, -0.05) is 6.07 Å². The fourth-order valence-corrected chi connectivity index (χ4v) is 2.08. The van der Waals surface area contributed by atoms with Crippen molar-refractivity contribution in [3.63, 3.8) is 0 Å². The number of amides is 1. The number of hydrogen-bond acceptors (Lipinski definition) is 6. The molecule has 0 radical (unpaired) electrons. The summed E-state index contributed by atoms with van der Waals surface area (Å²) in [7, 11) is 0. The van der Waals surface area contributed by atoms with Gasteiger partial charge >= 0.3 is 6.18 Å². The quantitative estimate of drug-likeness (QED) is 0.496. The molecule has 0 unspecified atom stereocenters. The molecule has 0 spiro atoms. The summed E-state index contributed by atoms with van der Waals surface area (Å²) in [5.74, 6) is -2.04. The summed E-state index contributed by atoms with van der Waals surface area (Å²) in [6.45, 7) is 4.77. The molecule has 0 fully saturated rings. The first kappa shape index (κ1) is 23.3. The van der Waals surface area contributed by atoms with Crippen LogP contribution >= 0.6 is 0 Å². The summed E-state index contributed by atoms with van der Waals surface area (Å²) >= 11 is 0. The van der Waals surface area contributed by atoms with Crippen molar-refractivity contribution in [1.82, 2.24) is 9.97 Å². The minimum atomic E-state index is -4.71. The van der Waals surface area contributed by atoms with Crippen molar-refractivity contribution in [2.75, 3.05) is 16.0 Å². The average molecular weight is 429 g/mol. The smallest absolute Gasteiger partial charge is 0.391 e. The van der Waals surface area contributed by atoms with Crippen LogP contribution in [-0.2, 0) is 4.79 Å². The highest BCUT2D eigenvalue weighted by Gasteiger charge is 2.52. The number of aliphatic hydroxyl groups excluding tert-OH is 1. The van der Waals surface area contributed by atoms with E-state index in [1.807, 2.05) is 0 Å². The van der Waals surface area contributed by atoms with Crippen LogP contribution in [0.5, 0.6) is 0 Å². The maximum absolute atomic E-state index is 13.9. The maximum atomic E-state index is 13.9. The molecule has 0 aliphatic carbocycles. The van der Waals surface area contributed by atoms with Gasteiger partial charge in [0.25, 0.3) is 0 Å². The van der Waals surface area contributed by atoms with Crippen molar-refractivity contribution in [2.24, 2.45) is 5.41 Å². The summed E-state index contributed by atoms with van der Waals surface area (Å²) in [6, 6.07) is 5.43. The lowest BCUT2D eigenvalue weighted by molar-refractivity contribution is -0.208. The van der Waals surface area contributed by atoms with E-state index in [9.17, 15) is 27.5 Å². The second kappa shape index (κ2) is 8.82. The summed E-state index contributed by atoms with van der Waals surface area (Å²) in [4.78, 5) is 19.9. The van der Waals surface area contributed by atoms with Crippen LogP contribution in [0.3, 0.4) is 0 Å². The van der Waals surface area contributed by atoms with Crippen LogP contribution in [-0.4, -0.2) is 39.3 Å². The van der Waals surface area contributed by atoms with Gasteiger partial charge < -0.3 is 21.1 Å². The van der Waals surface area contributed by atoms with E-state index in [4.69, 9.17) is 0 Å². The molecule has 1 aromatic carbocycles. The summed E-state index contributed by atoms with van der Waals surface area (Å²) in [5, 5.41) is 17.3. The Hall–Kier alpha value is -2.95. The first-order chi connectivity index (χ1) is 13.8. The third kappa shape index (κ3) is 5.56. The standard InChI is InChI=1S/C19H23F4N5O2/c1-10(11(2)29)25-15-14(20)9-24-17(28-15)27-13-7-5-6-12(8-13)26-16(30)18(3,4)19(21,22)23/h5-11,29H,1-4H3,(H,26,30)(H2,24,25,27,28)/t10-,11-/m0/s1. The van der Waals surface area contributed by atoms with Crippen molar-refractivity contribution < 1.29 is 27.5 Å². The van der Waals surface area contributed by atoms with Gasteiger partial charge in [-0.2, -0.15) is 18.2 Å². The molecule has 164 valence electrons. The molecule has 7 nitrogen and oxygen atoms in total. The molecule has 2 atom stereocenters. The monoisotopic (exact) mass is 429 g/mol. The van der Waals surface area contributed by atoms with Gasteiger partial charge in [0, 0.05) is 11.4 Å². The van der Waals surface area contributed by atoms with Gasteiger partial charge in [0.1, 0.15) is 5.41 Å². The highest BCUT2D eigenvalue weighted by Crippen LogP contribution is 2.38. The molecular weight excluding hydrogens is 406 g/mol. The Labute approximate surface area is 170 Å². The van der Waals surface area contributed by atoms with Crippen LogP contribution in [0.1, 0.15) is 27.7 Å². The van der Waals surface area contributed by atoms with Crippen molar-refractivity contribution in [3.8, 4) is 0 Å². The SMILES string of the molecule is C[C@H](O)[C@H](C)Nc1nc(Nc2cccc(NC(=O)C(C)(C)C(F)(F)F)c2)ncc1F. The number of carbonyl (C=O) groups is 1. The highest BCUT2D eigenvalue weighted by atomic mass is 19.4. The number of halogens is 4. The zero-order valence-corrected chi connectivity index (χ0v) is 16.8. The van der Waals surface area contributed by atoms with Crippen molar-refractivity contribution in [1.29, 1.82) is 0 Å². The normalized spacial score (nSPS) is 14.0. The van der Waals surface area contributed by atoms with Crippen LogP contribution < -0.4 is 16.0 Å². The first-order valence-corrected chi connectivity index (χ1v) is 9.03. The number of benzene rings is 1. The number of aliphatic hydroxyl groups is 1. The Kier molecular flexibility index (Phi) is 6.86. The number of nitrogens with zero attached hydrogens (tertiary/aromatic N) is 2. The highest BCUT2D eigenvalue weighted by molar-refractivity contribution is 5.95. The number of rotatable bonds is 7. The fraction of sp³-hybridized carbons (Fsp3) is 0.421. The van der Waals surface area contributed by atoms with Crippen LogP contribution in [0, 0.1) is 11.2 Å². The van der Waals surface area contributed by atoms with E-state index in [1.54, 1.807) is 13.0 Å². The second-order valence-electron chi connectivity index (χ2n) is 7.35. The number of hydrogen-bond donors (Lipinski definition) is 4. The van der Waals surface area contributed by atoms with Crippen molar-refractivity contribution in [2.45, 2.75) is 46.0 Å². The predicted molar refractivity (Wildman–Crippen MR) is 105 cm³/mol.